The van der Waals surface area contributed by atoms with Crippen molar-refractivity contribution < 1.29 is 14.4 Å². The number of fused-ring (bicyclic) bond motifs is 2. The van der Waals surface area contributed by atoms with E-state index in [1.165, 1.54) is 4.90 Å². The molecule has 1 N–H and O–H groups in total. The molecule has 1 saturated carbocycles. The molecule has 3 amide bonds. The molecule has 2 bridgehead atoms. The quantitative estimate of drug-likeness (QED) is 0.688. The molecule has 3 unspecified atom stereocenters. The number of benzene rings is 2. The van der Waals surface area contributed by atoms with Crippen LogP contribution in [-0.4, -0.2) is 28.7 Å². The molecule has 1 aliphatic carbocycles. The van der Waals surface area contributed by atoms with E-state index < -0.39 is 16.9 Å². The normalized spacial score (nSPS) is 25.4. The smallest absolute Gasteiger partial charge is 0.248 e. The summed E-state index contributed by atoms with van der Waals surface area (Å²) in [4.78, 5) is 41.8. The largest absolute Gasteiger partial charge is 0.324 e. The molecule has 2 aromatic rings. The number of imide groups is 1. The number of nitrogens with zero attached hydrogens (tertiary/aromatic N) is 1. The number of carbonyl (C=O) groups excluding carboxylic acids is 3. The van der Waals surface area contributed by atoms with Gasteiger partial charge in [0, 0.05) is 23.0 Å². The average Bonchev–Trinajstić information content (AvgIpc) is 2.93. The van der Waals surface area contributed by atoms with E-state index >= 15 is 0 Å². The Morgan fingerprint density at radius 3 is 2.39 bits per heavy atom. The molecule has 2 aliphatic rings. The maximum absolute atomic E-state index is 13.7. The molecule has 2 fully saturated rings. The highest BCUT2D eigenvalue weighted by Gasteiger charge is 2.65. The minimum atomic E-state index is -0.922. The van der Waals surface area contributed by atoms with Crippen molar-refractivity contribution in [2.45, 2.75) is 46.1 Å². The van der Waals surface area contributed by atoms with Gasteiger partial charge in [0.1, 0.15) is 6.04 Å². The molecule has 3 atom stereocenters. The molecule has 6 heteroatoms. The number of rotatable bonds is 5. The Morgan fingerprint density at radius 1 is 1.10 bits per heavy atom. The Morgan fingerprint density at radius 2 is 1.74 bits per heavy atom. The van der Waals surface area contributed by atoms with Crippen LogP contribution >= 0.6 is 11.6 Å². The van der Waals surface area contributed by atoms with Crippen molar-refractivity contribution >= 4 is 35.0 Å². The number of halogens is 1. The van der Waals surface area contributed by atoms with Gasteiger partial charge in [-0.05, 0) is 48.1 Å². The molecule has 1 aliphatic heterocycles. The van der Waals surface area contributed by atoms with Gasteiger partial charge in [0.25, 0.3) is 0 Å². The number of amides is 3. The number of nitrogens with one attached hydrogen (secondary N) is 1. The summed E-state index contributed by atoms with van der Waals surface area (Å²) in [6.07, 6.45) is 1.59. The van der Waals surface area contributed by atoms with E-state index in [4.69, 9.17) is 11.6 Å². The average molecular weight is 439 g/mol. The van der Waals surface area contributed by atoms with Crippen LogP contribution in [0, 0.1) is 16.7 Å². The number of piperidine rings is 1. The first-order chi connectivity index (χ1) is 14.6. The third-order valence-corrected chi connectivity index (χ3v) is 7.70. The third kappa shape index (κ3) is 3.55. The summed E-state index contributed by atoms with van der Waals surface area (Å²) < 4.78 is 0. The van der Waals surface area contributed by atoms with Crippen LogP contribution in [-0.2, 0) is 20.8 Å². The summed E-state index contributed by atoms with van der Waals surface area (Å²) in [6.45, 7) is 5.93. The molecule has 31 heavy (non-hydrogen) atoms. The topological polar surface area (TPSA) is 66.5 Å². The number of anilines is 1. The second-order valence-corrected chi connectivity index (χ2v) is 9.80. The van der Waals surface area contributed by atoms with Crippen molar-refractivity contribution in [3.63, 3.8) is 0 Å². The Balaban J connectivity index is 1.70. The van der Waals surface area contributed by atoms with Gasteiger partial charge in [-0.25, -0.2) is 0 Å². The summed E-state index contributed by atoms with van der Waals surface area (Å²) in [7, 11) is 0. The van der Waals surface area contributed by atoms with Crippen molar-refractivity contribution in [1.29, 1.82) is 0 Å². The highest BCUT2D eigenvalue weighted by molar-refractivity contribution is 6.30. The molecule has 4 rings (SSSR count). The Bertz CT molecular complexity index is 1020. The van der Waals surface area contributed by atoms with Crippen LogP contribution in [0.2, 0.25) is 5.02 Å². The maximum atomic E-state index is 13.7. The van der Waals surface area contributed by atoms with Gasteiger partial charge >= 0.3 is 0 Å². The number of hydrogen-bond donors (Lipinski definition) is 1. The van der Waals surface area contributed by atoms with Crippen molar-refractivity contribution in [3.05, 3.63) is 65.2 Å². The van der Waals surface area contributed by atoms with Gasteiger partial charge in [-0.1, -0.05) is 62.7 Å². The zero-order valence-corrected chi connectivity index (χ0v) is 18.8. The van der Waals surface area contributed by atoms with Crippen molar-refractivity contribution in [2.24, 2.45) is 16.7 Å². The van der Waals surface area contributed by atoms with E-state index in [9.17, 15) is 14.4 Å². The fourth-order valence-electron chi connectivity index (χ4n) is 5.04. The van der Waals surface area contributed by atoms with E-state index in [0.29, 0.717) is 23.6 Å². The third-order valence-electron chi connectivity index (χ3n) is 7.45. The highest BCUT2D eigenvalue weighted by Crippen LogP contribution is 2.60. The zero-order valence-electron chi connectivity index (χ0n) is 18.0. The van der Waals surface area contributed by atoms with Crippen LogP contribution in [0.25, 0.3) is 0 Å². The zero-order chi connectivity index (χ0) is 22.4. The lowest BCUT2D eigenvalue weighted by Crippen LogP contribution is -2.64. The van der Waals surface area contributed by atoms with Crippen LogP contribution in [0.5, 0.6) is 0 Å². The highest BCUT2D eigenvalue weighted by atomic mass is 35.5. The standard InChI is InChI=1S/C25H27ClN2O3/c1-24(2)19-13-14-25(24,3)23(31)28(22(19)30)20(15-16-7-5-4-6-8-16)21(29)27-18-11-9-17(26)10-12-18/h4-12,19-20H,13-15H2,1-3H3,(H,27,29). The predicted molar refractivity (Wildman–Crippen MR) is 120 cm³/mol. The van der Waals surface area contributed by atoms with Gasteiger partial charge in [0.05, 0.1) is 5.41 Å². The van der Waals surface area contributed by atoms with Gasteiger partial charge in [-0.3, -0.25) is 19.3 Å². The summed E-state index contributed by atoms with van der Waals surface area (Å²) in [5.74, 6) is -1.13. The van der Waals surface area contributed by atoms with Crippen LogP contribution < -0.4 is 5.32 Å². The lowest BCUT2D eigenvalue weighted by atomic mass is 9.62. The van der Waals surface area contributed by atoms with E-state index in [1.807, 2.05) is 51.1 Å². The van der Waals surface area contributed by atoms with Gasteiger partial charge in [0.2, 0.25) is 17.7 Å². The van der Waals surface area contributed by atoms with Crippen molar-refractivity contribution in [3.8, 4) is 0 Å². The Labute approximate surface area is 187 Å². The SMILES string of the molecule is CC12CCC(C(=O)N(C(Cc3ccccc3)C(=O)Nc3ccc(Cl)cc3)C1=O)C2(C)C. The van der Waals surface area contributed by atoms with Gasteiger partial charge < -0.3 is 5.32 Å². The van der Waals surface area contributed by atoms with Crippen LogP contribution in [0.15, 0.2) is 54.6 Å². The fraction of sp³-hybridized carbons (Fsp3) is 0.400. The van der Waals surface area contributed by atoms with Gasteiger partial charge in [0.15, 0.2) is 0 Å². The summed E-state index contributed by atoms with van der Waals surface area (Å²) in [5, 5.41) is 3.43. The summed E-state index contributed by atoms with van der Waals surface area (Å²) in [5.41, 5.74) is 0.364. The molecular formula is C25H27ClN2O3. The minimum absolute atomic E-state index is 0.239. The van der Waals surface area contributed by atoms with E-state index in [-0.39, 0.29) is 30.1 Å². The molecule has 1 saturated heterocycles. The van der Waals surface area contributed by atoms with Crippen molar-refractivity contribution in [2.75, 3.05) is 5.32 Å². The summed E-state index contributed by atoms with van der Waals surface area (Å²) in [6, 6.07) is 15.3. The van der Waals surface area contributed by atoms with Crippen molar-refractivity contribution in [1.82, 2.24) is 4.90 Å². The second kappa shape index (κ2) is 7.79. The molecule has 0 aromatic heterocycles. The molecule has 162 valence electrons. The van der Waals surface area contributed by atoms with Gasteiger partial charge in [-0.2, -0.15) is 0 Å². The molecular weight excluding hydrogens is 412 g/mol. The lowest BCUT2D eigenvalue weighted by molar-refractivity contribution is -0.172. The molecule has 0 spiro atoms. The Hall–Kier alpha value is -2.66. The number of hydrogen-bond acceptors (Lipinski definition) is 3. The van der Waals surface area contributed by atoms with E-state index in [1.54, 1.807) is 24.3 Å². The molecule has 5 nitrogen and oxygen atoms in total. The van der Waals surface area contributed by atoms with E-state index in [0.717, 1.165) is 5.56 Å². The monoisotopic (exact) mass is 438 g/mol. The first-order valence-electron chi connectivity index (χ1n) is 10.6. The van der Waals surface area contributed by atoms with Crippen LogP contribution in [0.4, 0.5) is 5.69 Å². The predicted octanol–water partition coefficient (Wildman–Crippen LogP) is 4.70. The molecule has 2 aromatic carbocycles. The van der Waals surface area contributed by atoms with Crippen LogP contribution in [0.1, 0.15) is 39.2 Å². The molecule has 0 radical (unpaired) electrons. The number of likely N-dealkylation sites (tertiary alicyclic amines) is 1. The van der Waals surface area contributed by atoms with E-state index in [2.05, 4.69) is 5.32 Å². The first-order valence-corrected chi connectivity index (χ1v) is 11.0. The maximum Gasteiger partial charge on any atom is 0.248 e. The lowest BCUT2D eigenvalue weighted by Gasteiger charge is -2.49. The first kappa shape index (κ1) is 21.6. The second-order valence-electron chi connectivity index (χ2n) is 9.36. The fourth-order valence-corrected chi connectivity index (χ4v) is 5.17. The minimum Gasteiger partial charge on any atom is -0.324 e. The Kier molecular flexibility index (Phi) is 5.42. The van der Waals surface area contributed by atoms with Gasteiger partial charge in [-0.15, -0.1) is 0 Å². The number of carbonyl (C=O) groups is 3. The molecule has 1 heterocycles. The van der Waals surface area contributed by atoms with Crippen LogP contribution in [0.3, 0.4) is 0 Å². The summed E-state index contributed by atoms with van der Waals surface area (Å²) >= 11 is 5.95.